The molecule has 1 aliphatic rings. The highest BCUT2D eigenvalue weighted by Crippen LogP contribution is 2.42. The van der Waals surface area contributed by atoms with Crippen LogP contribution in [0.4, 0.5) is 0 Å². The second kappa shape index (κ2) is 7.68. The Morgan fingerprint density at radius 2 is 1.96 bits per heavy atom. The number of hydrogen-bond acceptors (Lipinski definition) is 3. The molecular formula is C21H26N2O2. The zero-order chi connectivity index (χ0) is 17.7. The van der Waals surface area contributed by atoms with Crippen LogP contribution in [-0.2, 0) is 10.2 Å². The van der Waals surface area contributed by atoms with Gasteiger partial charge in [-0.15, -0.1) is 0 Å². The van der Waals surface area contributed by atoms with Gasteiger partial charge in [-0.3, -0.25) is 9.78 Å². The first-order valence-corrected chi connectivity index (χ1v) is 9.05. The number of nitrogens with zero attached hydrogens (tertiary/aromatic N) is 1. The lowest BCUT2D eigenvalue weighted by Gasteiger charge is -2.31. The van der Waals surface area contributed by atoms with Gasteiger partial charge < -0.3 is 10.1 Å². The summed E-state index contributed by atoms with van der Waals surface area (Å²) in [6, 6.07) is 11.9. The summed E-state index contributed by atoms with van der Waals surface area (Å²) >= 11 is 0. The van der Waals surface area contributed by atoms with Gasteiger partial charge in [0.05, 0.1) is 18.6 Å². The molecular weight excluding hydrogens is 312 g/mol. The van der Waals surface area contributed by atoms with Crippen LogP contribution in [0.1, 0.15) is 56.2 Å². The molecule has 0 bridgehead atoms. The number of amides is 1. The first kappa shape index (κ1) is 17.5. The van der Waals surface area contributed by atoms with E-state index < -0.39 is 5.41 Å². The van der Waals surface area contributed by atoms with Gasteiger partial charge in [0.1, 0.15) is 5.75 Å². The van der Waals surface area contributed by atoms with E-state index in [0.717, 1.165) is 49.0 Å². The largest absolute Gasteiger partial charge is 0.497 e. The molecule has 1 amide bonds. The molecule has 1 N–H and O–H groups in total. The van der Waals surface area contributed by atoms with E-state index in [1.165, 1.54) is 0 Å². The lowest BCUT2D eigenvalue weighted by atomic mass is 9.77. The van der Waals surface area contributed by atoms with Crippen molar-refractivity contribution in [2.75, 3.05) is 7.11 Å². The van der Waals surface area contributed by atoms with E-state index in [9.17, 15) is 4.79 Å². The molecule has 0 aliphatic heterocycles. The van der Waals surface area contributed by atoms with Crippen LogP contribution in [0.15, 0.2) is 48.8 Å². The van der Waals surface area contributed by atoms with E-state index in [2.05, 4.69) is 17.2 Å². The smallest absolute Gasteiger partial charge is 0.231 e. The Morgan fingerprint density at radius 1 is 1.24 bits per heavy atom. The van der Waals surface area contributed by atoms with E-state index in [-0.39, 0.29) is 11.9 Å². The van der Waals surface area contributed by atoms with E-state index in [1.54, 1.807) is 13.3 Å². The van der Waals surface area contributed by atoms with Gasteiger partial charge in [-0.2, -0.15) is 0 Å². The van der Waals surface area contributed by atoms with Crippen molar-refractivity contribution >= 4 is 5.91 Å². The number of carbonyl (C=O) groups excluding carboxylic acids is 1. The molecule has 0 saturated heterocycles. The molecule has 132 valence electrons. The van der Waals surface area contributed by atoms with Crippen LogP contribution in [0.3, 0.4) is 0 Å². The fourth-order valence-corrected chi connectivity index (χ4v) is 3.84. The van der Waals surface area contributed by atoms with Crippen molar-refractivity contribution in [2.45, 2.75) is 50.5 Å². The number of hydrogen-bond donors (Lipinski definition) is 1. The molecule has 2 aromatic rings. The molecule has 25 heavy (non-hydrogen) atoms. The monoisotopic (exact) mass is 338 g/mol. The normalized spacial score (nSPS) is 17.0. The number of carbonyl (C=O) groups is 1. The number of benzene rings is 1. The van der Waals surface area contributed by atoms with Crippen molar-refractivity contribution in [1.82, 2.24) is 10.3 Å². The van der Waals surface area contributed by atoms with Crippen molar-refractivity contribution in [3.63, 3.8) is 0 Å². The van der Waals surface area contributed by atoms with Crippen molar-refractivity contribution in [3.8, 4) is 5.75 Å². The highest BCUT2D eigenvalue weighted by Gasteiger charge is 2.43. The van der Waals surface area contributed by atoms with Gasteiger partial charge >= 0.3 is 0 Å². The summed E-state index contributed by atoms with van der Waals surface area (Å²) in [7, 11) is 1.66. The van der Waals surface area contributed by atoms with Gasteiger partial charge in [-0.25, -0.2) is 0 Å². The second-order valence-electron chi connectivity index (χ2n) is 6.74. The first-order valence-electron chi connectivity index (χ1n) is 9.05. The third kappa shape index (κ3) is 3.53. The Balaban J connectivity index is 1.85. The lowest BCUT2D eigenvalue weighted by molar-refractivity contribution is -0.127. The van der Waals surface area contributed by atoms with Gasteiger partial charge in [0.25, 0.3) is 0 Å². The topological polar surface area (TPSA) is 51.2 Å². The summed E-state index contributed by atoms with van der Waals surface area (Å²) in [6.07, 6.45) is 8.41. The number of rotatable bonds is 6. The number of methoxy groups -OCH3 is 1. The van der Waals surface area contributed by atoms with Crippen LogP contribution in [0, 0.1) is 0 Å². The molecule has 4 heteroatoms. The van der Waals surface area contributed by atoms with Gasteiger partial charge in [0.15, 0.2) is 0 Å². The average molecular weight is 338 g/mol. The van der Waals surface area contributed by atoms with Crippen LogP contribution in [0.5, 0.6) is 5.75 Å². The van der Waals surface area contributed by atoms with Gasteiger partial charge in [0.2, 0.25) is 5.91 Å². The van der Waals surface area contributed by atoms with Crippen molar-refractivity contribution < 1.29 is 9.53 Å². The van der Waals surface area contributed by atoms with E-state index in [0.29, 0.717) is 0 Å². The summed E-state index contributed by atoms with van der Waals surface area (Å²) in [5.41, 5.74) is 1.72. The predicted molar refractivity (Wildman–Crippen MR) is 98.6 cm³/mol. The Bertz CT molecular complexity index is 692. The summed E-state index contributed by atoms with van der Waals surface area (Å²) in [5.74, 6) is 0.949. The Labute approximate surface area is 149 Å². The summed E-state index contributed by atoms with van der Waals surface area (Å²) in [4.78, 5) is 17.5. The molecule has 3 rings (SSSR count). The summed E-state index contributed by atoms with van der Waals surface area (Å²) < 4.78 is 5.26. The highest BCUT2D eigenvalue weighted by atomic mass is 16.5. The third-order valence-electron chi connectivity index (χ3n) is 5.33. The van der Waals surface area contributed by atoms with Crippen LogP contribution in [0.25, 0.3) is 0 Å². The molecule has 1 saturated carbocycles. The van der Waals surface area contributed by atoms with Crippen molar-refractivity contribution in [3.05, 3.63) is 59.9 Å². The van der Waals surface area contributed by atoms with Crippen LogP contribution in [-0.4, -0.2) is 18.0 Å². The maximum absolute atomic E-state index is 13.3. The third-order valence-corrected chi connectivity index (χ3v) is 5.33. The second-order valence-corrected chi connectivity index (χ2v) is 6.74. The molecule has 1 atom stereocenters. The zero-order valence-corrected chi connectivity index (χ0v) is 15.0. The van der Waals surface area contributed by atoms with Crippen LogP contribution >= 0.6 is 0 Å². The van der Waals surface area contributed by atoms with E-state index in [1.807, 2.05) is 42.6 Å². The molecule has 1 aliphatic carbocycles. The fourth-order valence-electron chi connectivity index (χ4n) is 3.84. The highest BCUT2D eigenvalue weighted by molar-refractivity contribution is 5.89. The SMILES string of the molecule is CC[C@@H](NC(=O)C1(c2ccc(OC)cc2)CCCC1)c1cccnc1. The minimum Gasteiger partial charge on any atom is -0.497 e. The van der Waals surface area contributed by atoms with Crippen LogP contribution in [0.2, 0.25) is 0 Å². The molecule has 4 nitrogen and oxygen atoms in total. The number of nitrogens with one attached hydrogen (secondary N) is 1. The minimum absolute atomic E-state index is 0.00285. The Morgan fingerprint density at radius 3 is 2.52 bits per heavy atom. The average Bonchev–Trinajstić information content (AvgIpc) is 3.18. The number of aromatic nitrogens is 1. The lowest BCUT2D eigenvalue weighted by Crippen LogP contribution is -2.44. The number of ether oxygens (including phenoxy) is 1. The quantitative estimate of drug-likeness (QED) is 0.860. The standard InChI is InChI=1S/C21H26N2O2/c1-3-19(16-7-6-14-22-15-16)23-20(24)21(12-4-5-13-21)17-8-10-18(25-2)11-9-17/h6-11,14-15,19H,3-5,12-13H2,1-2H3,(H,23,24)/t19-/m1/s1. The molecule has 1 aromatic heterocycles. The van der Waals surface area contributed by atoms with Gasteiger partial charge in [-0.1, -0.05) is 38.0 Å². The Hall–Kier alpha value is -2.36. The van der Waals surface area contributed by atoms with Crippen LogP contribution < -0.4 is 10.1 Å². The molecule has 1 heterocycles. The fraction of sp³-hybridized carbons (Fsp3) is 0.429. The van der Waals surface area contributed by atoms with Crippen molar-refractivity contribution in [2.24, 2.45) is 0 Å². The molecule has 1 aromatic carbocycles. The molecule has 1 fully saturated rings. The zero-order valence-electron chi connectivity index (χ0n) is 15.0. The van der Waals surface area contributed by atoms with E-state index in [4.69, 9.17) is 4.74 Å². The van der Waals surface area contributed by atoms with E-state index >= 15 is 0 Å². The van der Waals surface area contributed by atoms with Crippen molar-refractivity contribution in [1.29, 1.82) is 0 Å². The van der Waals surface area contributed by atoms with Gasteiger partial charge in [0, 0.05) is 12.4 Å². The molecule has 0 radical (unpaired) electrons. The predicted octanol–water partition coefficient (Wildman–Crippen LogP) is 4.17. The maximum Gasteiger partial charge on any atom is 0.231 e. The summed E-state index contributed by atoms with van der Waals surface area (Å²) in [6.45, 7) is 2.09. The maximum atomic E-state index is 13.3. The van der Waals surface area contributed by atoms with Gasteiger partial charge in [-0.05, 0) is 48.6 Å². The minimum atomic E-state index is -0.429. The summed E-state index contributed by atoms with van der Waals surface area (Å²) in [5, 5.41) is 3.28. The first-order chi connectivity index (χ1) is 12.2. The Kier molecular flexibility index (Phi) is 5.37. The molecule has 0 unspecified atom stereocenters. The molecule has 0 spiro atoms. The number of pyridine rings is 1.